The predicted molar refractivity (Wildman–Crippen MR) is 123 cm³/mol. The van der Waals surface area contributed by atoms with E-state index in [1.807, 2.05) is 36.0 Å². The smallest absolute Gasteiger partial charge is 0.257 e. The van der Waals surface area contributed by atoms with Crippen molar-refractivity contribution in [3.63, 3.8) is 0 Å². The van der Waals surface area contributed by atoms with E-state index in [-0.39, 0.29) is 11.8 Å². The number of aromatic nitrogens is 2. The van der Waals surface area contributed by atoms with Crippen LogP contribution in [0.25, 0.3) is 6.08 Å². The first-order valence-electron chi connectivity index (χ1n) is 9.96. The van der Waals surface area contributed by atoms with Gasteiger partial charge >= 0.3 is 0 Å². The highest BCUT2D eigenvalue weighted by Crippen LogP contribution is 2.23. The second-order valence-corrected chi connectivity index (χ2v) is 7.94. The van der Waals surface area contributed by atoms with Gasteiger partial charge in [-0.25, -0.2) is 0 Å². The first-order valence-corrected chi connectivity index (χ1v) is 10.8. The largest absolute Gasteiger partial charge is 0.322 e. The molecule has 0 fully saturated rings. The molecule has 2 amide bonds. The van der Waals surface area contributed by atoms with E-state index in [1.165, 1.54) is 6.08 Å². The molecule has 6 nitrogen and oxygen atoms in total. The summed E-state index contributed by atoms with van der Waals surface area (Å²) in [5.74, 6) is -0.572. The van der Waals surface area contributed by atoms with E-state index in [0.29, 0.717) is 11.3 Å². The number of hydrogen-bond donors (Lipinski definition) is 2. The summed E-state index contributed by atoms with van der Waals surface area (Å²) in [6.07, 6.45) is 5.32. The van der Waals surface area contributed by atoms with Crippen molar-refractivity contribution in [1.82, 2.24) is 9.78 Å². The molecule has 0 spiro atoms. The number of hydrogen-bond acceptors (Lipinski definition) is 4. The third-order valence-corrected chi connectivity index (χ3v) is 5.55. The maximum absolute atomic E-state index is 13.0. The number of benzene rings is 1. The molecule has 2 heterocycles. The van der Waals surface area contributed by atoms with Gasteiger partial charge in [0.05, 0.1) is 28.3 Å². The van der Waals surface area contributed by atoms with E-state index >= 15 is 0 Å². The second-order valence-electron chi connectivity index (χ2n) is 6.96. The summed E-state index contributed by atoms with van der Waals surface area (Å²) in [6, 6.07) is 10.8. The van der Waals surface area contributed by atoms with E-state index in [9.17, 15) is 9.59 Å². The summed E-state index contributed by atoms with van der Waals surface area (Å²) in [4.78, 5) is 26.3. The molecule has 0 radical (unpaired) electrons. The Morgan fingerprint density at radius 3 is 2.67 bits per heavy atom. The molecule has 0 aliphatic carbocycles. The quantitative estimate of drug-likeness (QED) is 0.486. The Labute approximate surface area is 180 Å². The Balaban J connectivity index is 1.74. The predicted octanol–water partition coefficient (Wildman–Crippen LogP) is 5.27. The molecule has 0 bridgehead atoms. The minimum Gasteiger partial charge on any atom is -0.322 e. The first kappa shape index (κ1) is 21.5. The van der Waals surface area contributed by atoms with Crippen LogP contribution in [0.5, 0.6) is 0 Å². The molecule has 1 aromatic carbocycles. The van der Waals surface area contributed by atoms with Crippen LogP contribution in [0.15, 0.2) is 47.9 Å². The van der Waals surface area contributed by atoms with E-state index in [1.54, 1.807) is 41.7 Å². The third-order valence-electron chi connectivity index (χ3n) is 4.72. The van der Waals surface area contributed by atoms with Crippen molar-refractivity contribution in [2.45, 2.75) is 40.2 Å². The topological polar surface area (TPSA) is 76.0 Å². The third kappa shape index (κ3) is 5.24. The first-order chi connectivity index (χ1) is 14.5. The molecule has 0 aliphatic rings. The van der Waals surface area contributed by atoms with Gasteiger partial charge in [-0.05, 0) is 49.9 Å². The Kier molecular flexibility index (Phi) is 7.19. The van der Waals surface area contributed by atoms with Crippen LogP contribution in [0.2, 0.25) is 0 Å². The highest BCUT2D eigenvalue weighted by molar-refractivity contribution is 7.10. The summed E-state index contributed by atoms with van der Waals surface area (Å²) in [5.41, 5.74) is 3.28. The molecule has 0 saturated heterocycles. The number of rotatable bonds is 8. The molecule has 3 rings (SSSR count). The van der Waals surface area contributed by atoms with Gasteiger partial charge in [0.1, 0.15) is 0 Å². The molecule has 3 aromatic rings. The summed E-state index contributed by atoms with van der Waals surface area (Å²) in [7, 11) is 0. The number of nitrogens with zero attached hydrogens (tertiary/aromatic N) is 2. The molecule has 7 heteroatoms. The van der Waals surface area contributed by atoms with E-state index in [2.05, 4.69) is 22.7 Å². The molecule has 2 N–H and O–H groups in total. The molecule has 0 atom stereocenters. The van der Waals surface area contributed by atoms with Crippen molar-refractivity contribution in [3.05, 3.63) is 69.7 Å². The number of nitrogens with one attached hydrogen (secondary N) is 2. The number of aryl methyl sites for hydroxylation is 2. The van der Waals surface area contributed by atoms with Crippen LogP contribution in [0.3, 0.4) is 0 Å². The fourth-order valence-corrected chi connectivity index (χ4v) is 3.71. The lowest BCUT2D eigenvalue weighted by molar-refractivity contribution is -0.111. The van der Waals surface area contributed by atoms with Crippen molar-refractivity contribution < 1.29 is 9.59 Å². The summed E-state index contributed by atoms with van der Waals surface area (Å²) in [6.45, 7) is 6.79. The minimum atomic E-state index is -0.289. The highest BCUT2D eigenvalue weighted by atomic mass is 32.1. The van der Waals surface area contributed by atoms with Crippen LogP contribution < -0.4 is 10.6 Å². The lowest BCUT2D eigenvalue weighted by Crippen LogP contribution is -2.17. The van der Waals surface area contributed by atoms with Crippen molar-refractivity contribution >= 4 is 40.6 Å². The SMILES string of the molecule is CCCCn1nc(C)c(NC(=O)c2ccccc2NC(=O)/C=C/c2cccs2)c1C. The molecule has 0 saturated carbocycles. The van der Waals surface area contributed by atoms with Gasteiger partial charge in [-0.3, -0.25) is 14.3 Å². The van der Waals surface area contributed by atoms with Gasteiger partial charge in [0.15, 0.2) is 0 Å². The Hall–Kier alpha value is -3.19. The maximum atomic E-state index is 13.0. The average molecular weight is 423 g/mol. The standard InChI is InChI=1S/C23H26N4O2S/c1-4-5-14-27-17(3)22(16(2)26-27)25-23(29)19-10-6-7-11-20(19)24-21(28)13-12-18-9-8-15-30-18/h6-13,15H,4-5,14H2,1-3H3,(H,24,28)(H,25,29)/b13-12+. The normalized spacial score (nSPS) is 11.0. The highest BCUT2D eigenvalue weighted by Gasteiger charge is 2.17. The van der Waals surface area contributed by atoms with Crippen LogP contribution in [-0.2, 0) is 11.3 Å². The zero-order valence-electron chi connectivity index (χ0n) is 17.4. The zero-order chi connectivity index (χ0) is 21.5. The van der Waals surface area contributed by atoms with E-state index in [0.717, 1.165) is 41.3 Å². The van der Waals surface area contributed by atoms with Gasteiger partial charge in [0.2, 0.25) is 5.91 Å². The zero-order valence-corrected chi connectivity index (χ0v) is 18.3. The van der Waals surface area contributed by atoms with Crippen LogP contribution in [0.4, 0.5) is 11.4 Å². The average Bonchev–Trinajstić information content (AvgIpc) is 3.35. The van der Waals surface area contributed by atoms with Crippen molar-refractivity contribution in [1.29, 1.82) is 0 Å². The Morgan fingerprint density at radius 1 is 1.13 bits per heavy atom. The summed E-state index contributed by atoms with van der Waals surface area (Å²) >= 11 is 1.55. The molecule has 0 unspecified atom stereocenters. The van der Waals surface area contributed by atoms with Crippen LogP contribution in [0.1, 0.15) is 46.4 Å². The lowest BCUT2D eigenvalue weighted by atomic mass is 10.1. The van der Waals surface area contributed by atoms with Gasteiger partial charge in [0.25, 0.3) is 5.91 Å². The fraction of sp³-hybridized carbons (Fsp3) is 0.261. The molecule has 0 aliphatic heterocycles. The number of para-hydroxylation sites is 1. The van der Waals surface area contributed by atoms with E-state index in [4.69, 9.17) is 0 Å². The monoisotopic (exact) mass is 422 g/mol. The number of carbonyl (C=O) groups excluding carboxylic acids is 2. The van der Waals surface area contributed by atoms with Gasteiger partial charge in [0, 0.05) is 17.5 Å². The Bertz CT molecular complexity index is 1050. The van der Waals surface area contributed by atoms with Gasteiger partial charge in [-0.2, -0.15) is 5.10 Å². The molecular weight excluding hydrogens is 396 g/mol. The fourth-order valence-electron chi connectivity index (χ4n) is 3.09. The van der Waals surface area contributed by atoms with Gasteiger partial charge < -0.3 is 10.6 Å². The number of anilines is 2. The van der Waals surface area contributed by atoms with Crippen molar-refractivity contribution in [2.24, 2.45) is 0 Å². The summed E-state index contributed by atoms with van der Waals surface area (Å²) in [5, 5.41) is 12.3. The number of unbranched alkanes of at least 4 members (excludes halogenated alkanes) is 1. The van der Waals surface area contributed by atoms with E-state index < -0.39 is 0 Å². The van der Waals surface area contributed by atoms with Gasteiger partial charge in [-0.15, -0.1) is 11.3 Å². The minimum absolute atomic E-state index is 0.283. The van der Waals surface area contributed by atoms with Crippen LogP contribution in [-0.4, -0.2) is 21.6 Å². The maximum Gasteiger partial charge on any atom is 0.257 e. The number of carbonyl (C=O) groups is 2. The molecular formula is C23H26N4O2S. The van der Waals surface area contributed by atoms with Crippen LogP contribution >= 0.6 is 11.3 Å². The second kappa shape index (κ2) is 10.0. The van der Waals surface area contributed by atoms with Crippen molar-refractivity contribution in [2.75, 3.05) is 10.6 Å². The van der Waals surface area contributed by atoms with Gasteiger partial charge in [-0.1, -0.05) is 31.5 Å². The molecule has 2 aromatic heterocycles. The lowest BCUT2D eigenvalue weighted by Gasteiger charge is -2.11. The Morgan fingerprint density at radius 2 is 1.93 bits per heavy atom. The number of amides is 2. The molecule has 30 heavy (non-hydrogen) atoms. The van der Waals surface area contributed by atoms with Crippen LogP contribution in [0, 0.1) is 13.8 Å². The number of thiophene rings is 1. The van der Waals surface area contributed by atoms with Crippen molar-refractivity contribution in [3.8, 4) is 0 Å². The summed E-state index contributed by atoms with van der Waals surface area (Å²) < 4.78 is 1.93. The molecule has 156 valence electrons.